The molecule has 23 heavy (non-hydrogen) atoms. The first-order chi connectivity index (χ1) is 11.2. The zero-order chi connectivity index (χ0) is 16.7. The van der Waals surface area contributed by atoms with Gasteiger partial charge in [-0.1, -0.05) is 38.1 Å². The highest BCUT2D eigenvalue weighted by atomic mass is 15.3. The van der Waals surface area contributed by atoms with E-state index in [9.17, 15) is 0 Å². The highest BCUT2D eigenvalue weighted by Gasteiger charge is 2.21. The normalized spacial score (nSPS) is 19.1. The summed E-state index contributed by atoms with van der Waals surface area (Å²) in [7, 11) is 3.97. The van der Waals surface area contributed by atoms with E-state index in [1.165, 1.54) is 37.2 Å². The highest BCUT2D eigenvalue weighted by Crippen LogP contribution is 2.14. The van der Waals surface area contributed by atoms with Crippen molar-refractivity contribution in [3.05, 3.63) is 35.4 Å². The van der Waals surface area contributed by atoms with Gasteiger partial charge in [-0.25, -0.2) is 0 Å². The average Bonchev–Trinajstić information content (AvgIpc) is 3.04. The monoisotopic (exact) mass is 316 g/mol. The van der Waals surface area contributed by atoms with Crippen molar-refractivity contribution < 1.29 is 0 Å². The lowest BCUT2D eigenvalue weighted by molar-refractivity contribution is 0.340. The predicted octanol–water partition coefficient (Wildman–Crippen LogP) is 2.60. The summed E-state index contributed by atoms with van der Waals surface area (Å²) >= 11 is 0. The summed E-state index contributed by atoms with van der Waals surface area (Å²) in [6.07, 6.45) is 2.38. The number of benzene rings is 1. The van der Waals surface area contributed by atoms with Crippen molar-refractivity contribution in [2.24, 2.45) is 10.9 Å². The van der Waals surface area contributed by atoms with Crippen LogP contribution in [0.2, 0.25) is 0 Å². The molecule has 2 rings (SSSR count). The van der Waals surface area contributed by atoms with Crippen LogP contribution in [0, 0.1) is 5.92 Å². The Morgan fingerprint density at radius 2 is 1.96 bits per heavy atom. The summed E-state index contributed by atoms with van der Waals surface area (Å²) in [5.74, 6) is 1.73. The van der Waals surface area contributed by atoms with E-state index < -0.39 is 0 Å². The SMILES string of the molecule is CCc1ccc(CN(C)C(=NC)NCC2CCN(CC)C2)cc1. The first-order valence-corrected chi connectivity index (χ1v) is 8.88. The molecule has 1 aromatic rings. The Hall–Kier alpha value is -1.55. The van der Waals surface area contributed by atoms with E-state index >= 15 is 0 Å². The molecule has 0 amide bonds. The first-order valence-electron chi connectivity index (χ1n) is 8.88. The van der Waals surface area contributed by atoms with Crippen molar-refractivity contribution in [2.75, 3.05) is 40.3 Å². The van der Waals surface area contributed by atoms with E-state index in [1.54, 1.807) is 0 Å². The molecule has 1 aromatic carbocycles. The largest absolute Gasteiger partial charge is 0.356 e. The van der Waals surface area contributed by atoms with E-state index in [4.69, 9.17) is 0 Å². The average molecular weight is 316 g/mol. The summed E-state index contributed by atoms with van der Waals surface area (Å²) in [4.78, 5) is 9.16. The zero-order valence-electron chi connectivity index (χ0n) is 15.2. The summed E-state index contributed by atoms with van der Waals surface area (Å²) in [6.45, 7) is 9.95. The van der Waals surface area contributed by atoms with Crippen LogP contribution >= 0.6 is 0 Å². The molecule has 1 aliphatic heterocycles. The molecule has 1 aliphatic rings. The third-order valence-electron chi connectivity index (χ3n) is 4.79. The first kappa shape index (κ1) is 17.8. The molecule has 0 aromatic heterocycles. The molecule has 0 bridgehead atoms. The number of nitrogens with zero attached hydrogens (tertiary/aromatic N) is 3. The number of hydrogen-bond acceptors (Lipinski definition) is 2. The fourth-order valence-electron chi connectivity index (χ4n) is 3.22. The number of hydrogen-bond donors (Lipinski definition) is 1. The molecule has 128 valence electrons. The summed E-state index contributed by atoms with van der Waals surface area (Å²) < 4.78 is 0. The molecule has 1 fully saturated rings. The Morgan fingerprint density at radius 3 is 2.52 bits per heavy atom. The van der Waals surface area contributed by atoms with Crippen molar-refractivity contribution >= 4 is 5.96 Å². The molecule has 1 saturated heterocycles. The van der Waals surface area contributed by atoms with Crippen LogP contribution in [0.5, 0.6) is 0 Å². The molecular weight excluding hydrogens is 284 g/mol. The maximum atomic E-state index is 4.44. The van der Waals surface area contributed by atoms with Gasteiger partial charge in [0.05, 0.1) is 0 Å². The topological polar surface area (TPSA) is 30.9 Å². The standard InChI is InChI=1S/C19H32N4/c1-5-16-7-9-17(10-8-16)14-22(4)19(20-3)21-13-18-11-12-23(6-2)15-18/h7-10,18H,5-6,11-15H2,1-4H3,(H,20,21). The molecule has 4 heteroatoms. The molecule has 0 saturated carbocycles. The lowest BCUT2D eigenvalue weighted by Gasteiger charge is -2.23. The van der Waals surface area contributed by atoms with Crippen LogP contribution in [-0.2, 0) is 13.0 Å². The number of aliphatic imine (C=N–C) groups is 1. The van der Waals surface area contributed by atoms with E-state index in [-0.39, 0.29) is 0 Å². The van der Waals surface area contributed by atoms with Gasteiger partial charge in [-0.05, 0) is 43.0 Å². The molecule has 4 nitrogen and oxygen atoms in total. The van der Waals surface area contributed by atoms with Gasteiger partial charge in [-0.15, -0.1) is 0 Å². The predicted molar refractivity (Wildman–Crippen MR) is 98.9 cm³/mol. The molecule has 1 heterocycles. The number of nitrogens with one attached hydrogen (secondary N) is 1. The van der Waals surface area contributed by atoms with Gasteiger partial charge in [0, 0.05) is 33.7 Å². The van der Waals surface area contributed by atoms with Gasteiger partial charge in [0.25, 0.3) is 0 Å². The quantitative estimate of drug-likeness (QED) is 0.646. The van der Waals surface area contributed by atoms with E-state index in [0.29, 0.717) is 0 Å². The number of aryl methyl sites for hydroxylation is 1. The van der Waals surface area contributed by atoms with E-state index in [2.05, 4.69) is 65.3 Å². The Labute approximate surface area is 141 Å². The minimum Gasteiger partial charge on any atom is -0.356 e. The minimum absolute atomic E-state index is 0.740. The van der Waals surface area contributed by atoms with Crippen LogP contribution in [0.3, 0.4) is 0 Å². The number of guanidine groups is 1. The van der Waals surface area contributed by atoms with E-state index in [0.717, 1.165) is 31.4 Å². The number of likely N-dealkylation sites (tertiary alicyclic amines) is 1. The Morgan fingerprint density at radius 1 is 1.26 bits per heavy atom. The lowest BCUT2D eigenvalue weighted by atomic mass is 10.1. The zero-order valence-corrected chi connectivity index (χ0v) is 15.2. The van der Waals surface area contributed by atoms with Gasteiger partial charge in [-0.2, -0.15) is 0 Å². The van der Waals surface area contributed by atoms with Crippen LogP contribution in [0.1, 0.15) is 31.4 Å². The molecule has 0 spiro atoms. The molecular formula is C19H32N4. The smallest absolute Gasteiger partial charge is 0.193 e. The second kappa shape index (κ2) is 8.92. The second-order valence-electron chi connectivity index (χ2n) is 6.50. The number of rotatable bonds is 6. The van der Waals surface area contributed by atoms with Gasteiger partial charge in [0.2, 0.25) is 0 Å². The maximum absolute atomic E-state index is 4.44. The highest BCUT2D eigenvalue weighted by molar-refractivity contribution is 5.79. The third kappa shape index (κ3) is 5.24. The maximum Gasteiger partial charge on any atom is 0.193 e. The molecule has 1 atom stereocenters. The fraction of sp³-hybridized carbons (Fsp3) is 0.632. The van der Waals surface area contributed by atoms with Crippen molar-refractivity contribution in [3.8, 4) is 0 Å². The van der Waals surface area contributed by atoms with Crippen molar-refractivity contribution in [2.45, 2.75) is 33.2 Å². The van der Waals surface area contributed by atoms with Crippen LogP contribution in [-0.4, -0.2) is 56.0 Å². The van der Waals surface area contributed by atoms with Crippen molar-refractivity contribution in [1.29, 1.82) is 0 Å². The van der Waals surface area contributed by atoms with Crippen molar-refractivity contribution in [1.82, 2.24) is 15.1 Å². The van der Waals surface area contributed by atoms with Gasteiger partial charge < -0.3 is 15.1 Å². The molecule has 0 aliphatic carbocycles. The molecule has 0 radical (unpaired) electrons. The van der Waals surface area contributed by atoms with Crippen LogP contribution < -0.4 is 5.32 Å². The Kier molecular flexibility index (Phi) is 6.90. The second-order valence-corrected chi connectivity index (χ2v) is 6.50. The fourth-order valence-corrected chi connectivity index (χ4v) is 3.22. The summed E-state index contributed by atoms with van der Waals surface area (Å²) in [5.41, 5.74) is 2.71. The lowest BCUT2D eigenvalue weighted by Crippen LogP contribution is -2.41. The third-order valence-corrected chi connectivity index (χ3v) is 4.79. The summed E-state index contributed by atoms with van der Waals surface area (Å²) in [6, 6.07) is 8.88. The van der Waals surface area contributed by atoms with Gasteiger partial charge in [-0.3, -0.25) is 4.99 Å². The van der Waals surface area contributed by atoms with Gasteiger partial charge in [0.15, 0.2) is 5.96 Å². The Bertz CT molecular complexity index is 495. The van der Waals surface area contributed by atoms with E-state index in [1.807, 2.05) is 7.05 Å². The molecule has 1 N–H and O–H groups in total. The minimum atomic E-state index is 0.740. The molecule has 1 unspecified atom stereocenters. The van der Waals surface area contributed by atoms with Gasteiger partial charge >= 0.3 is 0 Å². The van der Waals surface area contributed by atoms with Crippen molar-refractivity contribution in [3.63, 3.8) is 0 Å². The summed E-state index contributed by atoms with van der Waals surface area (Å²) in [5, 5.41) is 3.55. The van der Waals surface area contributed by atoms with Crippen LogP contribution in [0.4, 0.5) is 0 Å². The van der Waals surface area contributed by atoms with Gasteiger partial charge in [0.1, 0.15) is 0 Å². The van der Waals surface area contributed by atoms with Crippen LogP contribution in [0.15, 0.2) is 29.3 Å². The Balaban J connectivity index is 1.82. The van der Waals surface area contributed by atoms with Crippen LogP contribution in [0.25, 0.3) is 0 Å².